The van der Waals surface area contributed by atoms with Crippen LogP contribution in [0.3, 0.4) is 0 Å². The fourth-order valence-electron chi connectivity index (χ4n) is 4.22. The van der Waals surface area contributed by atoms with Gasteiger partial charge in [0.15, 0.2) is 0 Å². The summed E-state index contributed by atoms with van der Waals surface area (Å²) in [7, 11) is -3.83. The van der Waals surface area contributed by atoms with Crippen molar-refractivity contribution in [3.8, 4) is 11.5 Å². The van der Waals surface area contributed by atoms with Gasteiger partial charge in [0.1, 0.15) is 17.1 Å². The number of hydrogen-bond donors (Lipinski definition) is 1. The Kier molecular flexibility index (Phi) is 11.2. The number of rotatable bonds is 16. The molecule has 5 nitrogen and oxygen atoms in total. The number of aryl methyl sites for hydroxylation is 1. The van der Waals surface area contributed by atoms with Gasteiger partial charge in [-0.15, -0.1) is 0 Å². The minimum Gasteiger partial charge on any atom is -0.494 e. The molecule has 1 aromatic rings. The van der Waals surface area contributed by atoms with E-state index in [9.17, 15) is 8.42 Å². The Morgan fingerprint density at radius 1 is 1.00 bits per heavy atom. The first-order valence-corrected chi connectivity index (χ1v) is 13.8. The molecule has 1 aromatic carbocycles. The molecule has 2 rings (SSSR count). The van der Waals surface area contributed by atoms with E-state index in [4.69, 9.17) is 14.0 Å². The fraction of sp³-hybridized carbons (Fsp3) is 0.760. The third-order valence-electron chi connectivity index (χ3n) is 6.19. The second-order valence-corrected chi connectivity index (χ2v) is 10.8. The Balaban J connectivity index is 1.66. The largest absolute Gasteiger partial charge is 0.494 e. The van der Waals surface area contributed by atoms with Crippen LogP contribution in [0.1, 0.15) is 103 Å². The van der Waals surface area contributed by atoms with Crippen LogP contribution < -0.4 is 9.47 Å². The van der Waals surface area contributed by atoms with Gasteiger partial charge in [-0.05, 0) is 69.2 Å². The average Bonchev–Trinajstić information content (AvgIpc) is 2.71. The minimum absolute atomic E-state index is 0.0547. The van der Waals surface area contributed by atoms with Gasteiger partial charge in [0.05, 0.1) is 12.4 Å². The molecule has 0 saturated carbocycles. The standard InChI is InChI=1S/C25H42O5S/c1-3-4-5-6-7-8-11-17-25(2)18-16-22-21-23(14-15-24(22)30-25)29-19-12-9-10-13-20-31(26,27)28/h14-15,21H,3-13,16-20H2,1-2H3,(H,26,27,28). The maximum absolute atomic E-state index is 10.7. The first kappa shape index (κ1) is 26.0. The number of unbranched alkanes of at least 4 members (excludes halogenated alkanes) is 9. The van der Waals surface area contributed by atoms with Crippen molar-refractivity contribution in [1.29, 1.82) is 0 Å². The topological polar surface area (TPSA) is 72.8 Å². The lowest BCUT2D eigenvalue weighted by molar-refractivity contribution is 0.0533. The summed E-state index contributed by atoms with van der Waals surface area (Å²) >= 11 is 0. The zero-order chi connectivity index (χ0) is 22.6. The highest BCUT2D eigenvalue weighted by Gasteiger charge is 2.31. The van der Waals surface area contributed by atoms with Crippen LogP contribution in [0, 0.1) is 0 Å². The molecular formula is C25H42O5S. The first-order valence-electron chi connectivity index (χ1n) is 12.2. The molecule has 1 unspecified atom stereocenters. The predicted molar refractivity (Wildman–Crippen MR) is 127 cm³/mol. The first-order chi connectivity index (χ1) is 14.8. The van der Waals surface area contributed by atoms with Gasteiger partial charge in [-0.25, -0.2) is 0 Å². The van der Waals surface area contributed by atoms with Crippen molar-refractivity contribution >= 4 is 10.1 Å². The summed E-state index contributed by atoms with van der Waals surface area (Å²) < 4.78 is 42.4. The molecule has 0 fully saturated rings. The van der Waals surface area contributed by atoms with E-state index in [0.717, 1.165) is 50.0 Å². The van der Waals surface area contributed by atoms with Gasteiger partial charge >= 0.3 is 0 Å². The van der Waals surface area contributed by atoms with Gasteiger partial charge in [-0.3, -0.25) is 4.55 Å². The van der Waals surface area contributed by atoms with Crippen LogP contribution in [0.15, 0.2) is 18.2 Å². The summed E-state index contributed by atoms with van der Waals surface area (Å²) in [4.78, 5) is 0. The number of ether oxygens (including phenoxy) is 2. The van der Waals surface area contributed by atoms with Crippen molar-refractivity contribution in [3.63, 3.8) is 0 Å². The highest BCUT2D eigenvalue weighted by Crippen LogP contribution is 2.37. The van der Waals surface area contributed by atoms with Crippen LogP contribution in [0.5, 0.6) is 11.5 Å². The van der Waals surface area contributed by atoms with Crippen molar-refractivity contribution in [3.05, 3.63) is 23.8 Å². The summed E-state index contributed by atoms with van der Waals surface area (Å²) in [6, 6.07) is 6.12. The molecule has 1 heterocycles. The van der Waals surface area contributed by atoms with Crippen molar-refractivity contribution < 1.29 is 22.4 Å². The molecule has 0 spiro atoms. The Hall–Kier alpha value is -1.27. The van der Waals surface area contributed by atoms with E-state index in [1.807, 2.05) is 12.1 Å². The number of fused-ring (bicyclic) bond motifs is 1. The van der Waals surface area contributed by atoms with E-state index in [1.165, 1.54) is 50.5 Å². The molecule has 0 aromatic heterocycles. The van der Waals surface area contributed by atoms with Crippen molar-refractivity contribution in [2.45, 2.75) is 109 Å². The SMILES string of the molecule is CCCCCCCCCC1(C)CCc2cc(OCCCCCCS(=O)(=O)O)ccc2O1. The van der Waals surface area contributed by atoms with E-state index in [1.54, 1.807) is 0 Å². The zero-order valence-corrected chi connectivity index (χ0v) is 20.4. The smallest absolute Gasteiger partial charge is 0.264 e. The molecule has 178 valence electrons. The second-order valence-electron chi connectivity index (χ2n) is 9.24. The maximum atomic E-state index is 10.7. The molecule has 1 aliphatic heterocycles. The van der Waals surface area contributed by atoms with Gasteiger partial charge in [0, 0.05) is 0 Å². The lowest BCUT2D eigenvalue weighted by Crippen LogP contribution is -2.36. The zero-order valence-electron chi connectivity index (χ0n) is 19.5. The Morgan fingerprint density at radius 2 is 1.68 bits per heavy atom. The van der Waals surface area contributed by atoms with E-state index in [2.05, 4.69) is 19.9 Å². The van der Waals surface area contributed by atoms with Crippen LogP contribution in [-0.4, -0.2) is 30.9 Å². The fourth-order valence-corrected chi connectivity index (χ4v) is 4.79. The van der Waals surface area contributed by atoms with Gasteiger partial charge in [0.2, 0.25) is 0 Å². The second kappa shape index (κ2) is 13.3. The summed E-state index contributed by atoms with van der Waals surface area (Å²) in [5, 5.41) is 0. The molecule has 0 amide bonds. The minimum atomic E-state index is -3.83. The Bertz CT molecular complexity index is 746. The third kappa shape index (κ3) is 10.7. The van der Waals surface area contributed by atoms with Crippen LogP contribution in [0.4, 0.5) is 0 Å². The Labute approximate surface area is 189 Å². The van der Waals surface area contributed by atoms with Crippen LogP contribution in [-0.2, 0) is 16.5 Å². The predicted octanol–water partition coefficient (Wildman–Crippen LogP) is 6.74. The monoisotopic (exact) mass is 454 g/mol. The lowest BCUT2D eigenvalue weighted by Gasteiger charge is -2.36. The molecule has 6 heteroatoms. The summed E-state index contributed by atoms with van der Waals surface area (Å²) in [6.45, 7) is 5.12. The average molecular weight is 455 g/mol. The molecule has 0 bridgehead atoms. The summed E-state index contributed by atoms with van der Waals surface area (Å²) in [6.07, 6.45) is 15.5. The summed E-state index contributed by atoms with van der Waals surface area (Å²) in [5.74, 6) is 1.71. The van der Waals surface area contributed by atoms with Crippen LogP contribution in [0.2, 0.25) is 0 Å². The number of hydrogen-bond acceptors (Lipinski definition) is 4. The van der Waals surface area contributed by atoms with Crippen molar-refractivity contribution in [2.24, 2.45) is 0 Å². The quantitative estimate of drug-likeness (QED) is 0.221. The van der Waals surface area contributed by atoms with E-state index in [0.29, 0.717) is 13.0 Å². The van der Waals surface area contributed by atoms with E-state index in [-0.39, 0.29) is 11.4 Å². The van der Waals surface area contributed by atoms with E-state index >= 15 is 0 Å². The molecule has 1 N–H and O–H groups in total. The molecule has 31 heavy (non-hydrogen) atoms. The van der Waals surface area contributed by atoms with Crippen molar-refractivity contribution in [2.75, 3.05) is 12.4 Å². The van der Waals surface area contributed by atoms with Gasteiger partial charge in [-0.2, -0.15) is 8.42 Å². The highest BCUT2D eigenvalue weighted by molar-refractivity contribution is 7.85. The molecular weight excluding hydrogens is 412 g/mol. The Morgan fingerprint density at radius 3 is 2.42 bits per heavy atom. The molecule has 0 saturated heterocycles. The lowest BCUT2D eigenvalue weighted by atomic mass is 9.88. The molecule has 1 atom stereocenters. The van der Waals surface area contributed by atoms with Crippen LogP contribution >= 0.6 is 0 Å². The van der Waals surface area contributed by atoms with Gasteiger partial charge in [0.25, 0.3) is 10.1 Å². The number of benzene rings is 1. The van der Waals surface area contributed by atoms with E-state index < -0.39 is 10.1 Å². The summed E-state index contributed by atoms with van der Waals surface area (Å²) in [5.41, 5.74) is 1.17. The highest BCUT2D eigenvalue weighted by atomic mass is 32.2. The van der Waals surface area contributed by atoms with Gasteiger partial charge < -0.3 is 9.47 Å². The normalized spacial score (nSPS) is 18.4. The molecule has 1 aliphatic rings. The molecule has 0 aliphatic carbocycles. The third-order valence-corrected chi connectivity index (χ3v) is 6.99. The van der Waals surface area contributed by atoms with Crippen LogP contribution in [0.25, 0.3) is 0 Å². The van der Waals surface area contributed by atoms with Crippen molar-refractivity contribution in [1.82, 2.24) is 0 Å². The van der Waals surface area contributed by atoms with Gasteiger partial charge in [-0.1, -0.05) is 58.3 Å². The maximum Gasteiger partial charge on any atom is 0.264 e. The molecule has 0 radical (unpaired) electrons.